The van der Waals surface area contributed by atoms with Crippen LogP contribution in [-0.4, -0.2) is 80.0 Å². The summed E-state index contributed by atoms with van der Waals surface area (Å²) in [7, 11) is 1.56. The molecule has 71 heavy (non-hydrogen) atoms. The van der Waals surface area contributed by atoms with Crippen molar-refractivity contribution >= 4 is 29.2 Å². The van der Waals surface area contributed by atoms with Crippen molar-refractivity contribution in [2.75, 3.05) is 39.9 Å². The number of nitrogens with two attached hydrogens (primary N) is 3. The van der Waals surface area contributed by atoms with Crippen LogP contribution in [0, 0.1) is 23.2 Å². The number of benzene rings is 5. The third kappa shape index (κ3) is 14.1. The van der Waals surface area contributed by atoms with Gasteiger partial charge in [0.2, 0.25) is 11.8 Å². The van der Waals surface area contributed by atoms with E-state index < -0.39 is 41.5 Å². The number of carbonyl (C=O) groups is 5. The van der Waals surface area contributed by atoms with Crippen molar-refractivity contribution in [1.82, 2.24) is 10.2 Å². The maximum Gasteiger partial charge on any atom is 0.226 e. The highest BCUT2D eigenvalue weighted by Crippen LogP contribution is 2.41. The van der Waals surface area contributed by atoms with Crippen LogP contribution in [0.25, 0.3) is 22.3 Å². The van der Waals surface area contributed by atoms with Crippen molar-refractivity contribution in [2.45, 2.75) is 90.1 Å². The lowest BCUT2D eigenvalue weighted by molar-refractivity contribution is -0.142. The summed E-state index contributed by atoms with van der Waals surface area (Å²) in [6.45, 7) is 4.99. The Kier molecular flexibility index (Phi) is 19.8. The van der Waals surface area contributed by atoms with Gasteiger partial charge >= 0.3 is 0 Å². The fourth-order valence-corrected chi connectivity index (χ4v) is 9.15. The lowest BCUT2D eigenvalue weighted by Gasteiger charge is -2.32. The quantitative estimate of drug-likeness (QED) is 0.0386. The summed E-state index contributed by atoms with van der Waals surface area (Å²) in [6.07, 6.45) is 4.45. The molecule has 0 unspecified atom stereocenters. The van der Waals surface area contributed by atoms with E-state index in [0.717, 1.165) is 30.4 Å². The number of rotatable bonds is 22. The Hall–Kier alpha value is -6.98. The fraction of sp³-hybridized carbons (Fsp3) is 0.379. The molecule has 0 spiro atoms. The average molecular weight is 961 g/mol. The van der Waals surface area contributed by atoms with Gasteiger partial charge in [-0.2, -0.15) is 5.26 Å². The number of ketones is 3. The predicted octanol–water partition coefficient (Wildman–Crippen LogP) is 7.88. The van der Waals surface area contributed by atoms with Gasteiger partial charge in [-0.1, -0.05) is 106 Å². The zero-order valence-electron chi connectivity index (χ0n) is 41.3. The number of unbranched alkanes of at least 4 members (excludes halogenated alkanes) is 2. The molecular formula is C58H68N6O7. The van der Waals surface area contributed by atoms with Gasteiger partial charge in [-0.25, -0.2) is 0 Å². The van der Waals surface area contributed by atoms with Crippen LogP contribution in [0.3, 0.4) is 0 Å². The third-order valence-corrected chi connectivity index (χ3v) is 13.1. The summed E-state index contributed by atoms with van der Waals surface area (Å²) >= 11 is 0. The second-order valence-electron chi connectivity index (χ2n) is 18.4. The van der Waals surface area contributed by atoms with E-state index in [1.165, 1.54) is 10.5 Å². The first-order chi connectivity index (χ1) is 34.4. The van der Waals surface area contributed by atoms with Gasteiger partial charge in [-0.15, -0.1) is 0 Å². The Morgan fingerprint density at radius 3 is 2.08 bits per heavy atom. The van der Waals surface area contributed by atoms with Crippen LogP contribution in [0.2, 0.25) is 0 Å². The van der Waals surface area contributed by atoms with Gasteiger partial charge in [0.25, 0.3) is 0 Å². The number of Topliss-reactive ketones (excluding diaryl/α,β-unsaturated/α-hetero) is 3. The van der Waals surface area contributed by atoms with E-state index >= 15 is 4.79 Å². The molecule has 372 valence electrons. The Morgan fingerprint density at radius 2 is 1.44 bits per heavy atom. The topological polar surface area (TPSA) is 221 Å². The van der Waals surface area contributed by atoms with Crippen molar-refractivity contribution in [1.29, 1.82) is 5.26 Å². The minimum atomic E-state index is -1.21. The number of likely N-dealkylation sites (N-methyl/N-ethyl adjacent to an activating group) is 1. The van der Waals surface area contributed by atoms with Crippen LogP contribution in [-0.2, 0) is 38.4 Å². The molecule has 0 fully saturated rings. The zero-order valence-corrected chi connectivity index (χ0v) is 41.3. The summed E-state index contributed by atoms with van der Waals surface area (Å²) in [6, 6.07) is 33.3. The lowest BCUT2D eigenvalue weighted by Crippen LogP contribution is -2.46. The van der Waals surface area contributed by atoms with Crippen LogP contribution in [0.1, 0.15) is 103 Å². The molecule has 0 aromatic heterocycles. The second kappa shape index (κ2) is 26.3. The first kappa shape index (κ1) is 53.4. The number of ether oxygens (including phenoxy) is 2. The molecule has 2 amide bonds. The maximum atomic E-state index is 15.0. The minimum Gasteiger partial charge on any atom is -0.492 e. The van der Waals surface area contributed by atoms with Crippen LogP contribution >= 0.6 is 0 Å². The van der Waals surface area contributed by atoms with E-state index in [9.17, 15) is 24.4 Å². The van der Waals surface area contributed by atoms with Gasteiger partial charge < -0.3 is 36.9 Å². The van der Waals surface area contributed by atoms with Gasteiger partial charge in [-0.05, 0) is 102 Å². The Morgan fingerprint density at radius 1 is 0.789 bits per heavy atom. The first-order valence-corrected chi connectivity index (χ1v) is 24.9. The van der Waals surface area contributed by atoms with E-state index in [2.05, 4.69) is 42.6 Å². The molecule has 6 rings (SSSR count). The molecule has 13 heteroatoms. The molecule has 1 heterocycles. The molecule has 0 radical (unpaired) electrons. The molecule has 0 aliphatic carbocycles. The van der Waals surface area contributed by atoms with Crippen LogP contribution in [0.15, 0.2) is 109 Å². The van der Waals surface area contributed by atoms with Crippen LogP contribution in [0.5, 0.6) is 11.5 Å². The number of carbonyl (C=O) groups excluding carboxylic acids is 5. The molecule has 0 saturated carbocycles. The number of nitriles is 1. The van der Waals surface area contributed by atoms with E-state index in [4.69, 9.17) is 26.7 Å². The van der Waals surface area contributed by atoms with Crippen molar-refractivity contribution in [3.8, 4) is 39.8 Å². The van der Waals surface area contributed by atoms with E-state index in [1.807, 2.05) is 24.3 Å². The monoisotopic (exact) mass is 961 g/mol. The molecule has 7 N–H and O–H groups in total. The molecule has 13 nitrogen and oxygen atoms in total. The number of hydrogen-bond acceptors (Lipinski definition) is 11. The van der Waals surface area contributed by atoms with E-state index in [1.54, 1.807) is 74.6 Å². The number of nitrogens with one attached hydrogen (secondary N) is 1. The molecular weight excluding hydrogens is 893 g/mol. The Labute approximate surface area is 418 Å². The fourth-order valence-electron chi connectivity index (χ4n) is 9.15. The molecule has 5 aromatic carbocycles. The number of nitrogens with zero attached hydrogens (tertiary/aromatic N) is 2. The van der Waals surface area contributed by atoms with Gasteiger partial charge in [0.05, 0.1) is 17.7 Å². The van der Waals surface area contributed by atoms with E-state index in [0.29, 0.717) is 76.3 Å². The number of aryl methyl sites for hydroxylation is 1. The summed E-state index contributed by atoms with van der Waals surface area (Å²) in [5.74, 6) is -2.73. The molecule has 1 aliphatic rings. The van der Waals surface area contributed by atoms with Gasteiger partial charge in [0.1, 0.15) is 30.8 Å². The van der Waals surface area contributed by atoms with Gasteiger partial charge in [-0.3, -0.25) is 24.0 Å². The Balaban J connectivity index is 1.38. The van der Waals surface area contributed by atoms with E-state index in [-0.39, 0.29) is 63.6 Å². The minimum absolute atomic E-state index is 0.0874. The molecule has 4 atom stereocenters. The average Bonchev–Trinajstić information content (AvgIpc) is 3.38. The maximum absolute atomic E-state index is 15.0. The molecule has 0 saturated heterocycles. The smallest absolute Gasteiger partial charge is 0.226 e. The first-order valence-electron chi connectivity index (χ1n) is 24.9. The summed E-state index contributed by atoms with van der Waals surface area (Å²) in [5.41, 5.74) is 24.6. The zero-order chi connectivity index (χ0) is 50.9. The summed E-state index contributed by atoms with van der Waals surface area (Å²) in [4.78, 5) is 73.9. The highest BCUT2D eigenvalue weighted by atomic mass is 16.5. The summed E-state index contributed by atoms with van der Waals surface area (Å²) < 4.78 is 12.4. The van der Waals surface area contributed by atoms with Crippen molar-refractivity contribution in [3.63, 3.8) is 0 Å². The van der Waals surface area contributed by atoms with Crippen LogP contribution in [0.4, 0.5) is 0 Å². The standard InChI is InChI=1S/C58H68N6O7/c1-4-5-10-39-14-17-41(18-15-39)42-19-21-43(22-20-42)51(65)36-46(12-8-9-26-59)58(69)64(3)56-45-23-25-55(71-30-28-61)49(34-45)48-32-40(16-24-54(48)70-29-27-60)33-50(63-57(68)38(2)31-53(56)67)52(66)35-44-11-6-7-13-47(44)37-62/h6-7,11,13-25,32,34,38,46,50,56H,4-5,8-10,12,26-31,33,35-36,59-61H2,1-3H3,(H,63,68)/t38-,46-,50+,56+/m1/s1. The third-order valence-electron chi connectivity index (χ3n) is 13.1. The summed E-state index contributed by atoms with van der Waals surface area (Å²) in [5, 5.41) is 12.7. The highest BCUT2D eigenvalue weighted by molar-refractivity contribution is 6.00. The largest absolute Gasteiger partial charge is 0.492 e. The predicted molar refractivity (Wildman–Crippen MR) is 277 cm³/mol. The molecule has 5 aromatic rings. The molecule has 1 aliphatic heterocycles. The van der Waals surface area contributed by atoms with Crippen molar-refractivity contribution in [2.24, 2.45) is 29.0 Å². The second-order valence-corrected chi connectivity index (χ2v) is 18.4. The SMILES string of the molecule is CCCCc1ccc(-c2ccc(C(=O)C[C@@H](CCCCN)C(=O)N(C)[C@@H]3C(=O)C[C@@H](C)C(=O)N[C@H](C(=O)Cc4ccccc4C#N)Cc4ccc(OCCN)c(c4)-c4cc3ccc4OCCN)cc2)cc1. The number of fused-ring (bicyclic) bond motifs is 5. The normalized spacial score (nSPS) is 16.2. The Bertz CT molecular complexity index is 2680. The van der Waals surface area contributed by atoms with Gasteiger partial charge in [0, 0.05) is 67.9 Å². The van der Waals surface area contributed by atoms with Gasteiger partial charge in [0.15, 0.2) is 17.3 Å². The molecule has 4 bridgehead atoms. The van der Waals surface area contributed by atoms with Crippen molar-refractivity contribution < 1.29 is 33.4 Å². The van der Waals surface area contributed by atoms with Crippen LogP contribution < -0.4 is 32.0 Å². The number of hydrogen-bond donors (Lipinski definition) is 4. The highest BCUT2D eigenvalue weighted by Gasteiger charge is 2.36. The number of amides is 2. The lowest BCUT2D eigenvalue weighted by atomic mass is 9.87. The van der Waals surface area contributed by atoms with Crippen molar-refractivity contribution in [3.05, 3.63) is 143 Å².